The van der Waals surface area contributed by atoms with Gasteiger partial charge in [-0.25, -0.2) is 18.2 Å². The van der Waals surface area contributed by atoms with E-state index in [9.17, 15) is 18.0 Å². The van der Waals surface area contributed by atoms with Crippen molar-refractivity contribution in [2.45, 2.75) is 11.8 Å². The van der Waals surface area contributed by atoms with E-state index in [1.807, 2.05) is 0 Å². The molecule has 29 heavy (non-hydrogen) atoms. The van der Waals surface area contributed by atoms with E-state index in [2.05, 4.69) is 15.0 Å². The van der Waals surface area contributed by atoms with Crippen molar-refractivity contribution in [2.24, 2.45) is 0 Å². The molecule has 0 aliphatic heterocycles. The number of anilines is 1. The lowest BCUT2D eigenvalue weighted by Gasteiger charge is -2.04. The average Bonchev–Trinajstić information content (AvgIpc) is 3.21. The molecule has 1 aromatic heterocycles. The number of rotatable bonds is 6. The van der Waals surface area contributed by atoms with Crippen molar-refractivity contribution in [3.8, 4) is 11.3 Å². The van der Waals surface area contributed by atoms with E-state index in [-0.39, 0.29) is 16.6 Å². The van der Waals surface area contributed by atoms with E-state index >= 15 is 0 Å². The number of nitrogens with one attached hydrogen (secondary N) is 1. The Morgan fingerprint density at radius 3 is 2.24 bits per heavy atom. The number of thiazole rings is 1. The molecule has 0 fully saturated rings. The van der Waals surface area contributed by atoms with Crippen molar-refractivity contribution in [3.63, 3.8) is 0 Å². The highest BCUT2D eigenvalue weighted by Gasteiger charge is 2.14. The molecule has 0 bridgehead atoms. The Labute approximate surface area is 172 Å². The molecule has 1 heterocycles. The summed E-state index contributed by atoms with van der Waals surface area (Å²) in [6.07, 6.45) is 0. The van der Waals surface area contributed by atoms with Gasteiger partial charge in [0.2, 0.25) is 0 Å². The van der Waals surface area contributed by atoms with Gasteiger partial charge < -0.3 is 4.74 Å². The van der Waals surface area contributed by atoms with Gasteiger partial charge in [-0.15, -0.1) is 11.3 Å². The number of hydrogen-bond donors (Lipinski definition) is 1. The van der Waals surface area contributed by atoms with E-state index < -0.39 is 15.8 Å². The summed E-state index contributed by atoms with van der Waals surface area (Å²) in [5.41, 5.74) is 2.22. The molecule has 3 aromatic rings. The molecule has 1 N–H and O–H groups in total. The molecule has 7 nitrogen and oxygen atoms in total. The minimum atomic E-state index is -3.31. The topological polar surface area (TPSA) is 102 Å². The van der Waals surface area contributed by atoms with Crippen LogP contribution in [0.3, 0.4) is 0 Å². The van der Waals surface area contributed by atoms with Crippen molar-refractivity contribution in [2.75, 3.05) is 18.2 Å². The minimum Gasteiger partial charge on any atom is -0.465 e. The second-order valence-electron chi connectivity index (χ2n) is 5.99. The van der Waals surface area contributed by atoms with Gasteiger partial charge in [-0.1, -0.05) is 19.1 Å². The van der Waals surface area contributed by atoms with E-state index in [1.165, 1.54) is 42.7 Å². The van der Waals surface area contributed by atoms with Crippen molar-refractivity contribution in [1.29, 1.82) is 0 Å². The van der Waals surface area contributed by atoms with Crippen LogP contribution < -0.4 is 5.32 Å². The molecule has 0 aliphatic rings. The monoisotopic (exact) mass is 430 g/mol. The smallest absolute Gasteiger partial charge is 0.337 e. The molecule has 1 amide bonds. The van der Waals surface area contributed by atoms with Crippen molar-refractivity contribution in [3.05, 3.63) is 65.0 Å². The van der Waals surface area contributed by atoms with Crippen LogP contribution in [0.25, 0.3) is 11.3 Å². The minimum absolute atomic E-state index is 0.00104. The van der Waals surface area contributed by atoms with Gasteiger partial charge in [-0.05, 0) is 36.4 Å². The zero-order chi connectivity index (χ0) is 21.0. The lowest BCUT2D eigenvalue weighted by molar-refractivity contribution is 0.0600. The zero-order valence-electron chi connectivity index (χ0n) is 15.7. The van der Waals surface area contributed by atoms with E-state index in [4.69, 9.17) is 0 Å². The molecule has 0 spiro atoms. The van der Waals surface area contributed by atoms with Crippen LogP contribution in [0.4, 0.5) is 5.13 Å². The first-order chi connectivity index (χ1) is 13.8. The number of sulfone groups is 1. The number of amides is 1. The van der Waals surface area contributed by atoms with Gasteiger partial charge in [0.05, 0.1) is 29.0 Å². The number of nitrogens with zero attached hydrogens (tertiary/aromatic N) is 1. The van der Waals surface area contributed by atoms with Gasteiger partial charge in [-0.3, -0.25) is 10.1 Å². The van der Waals surface area contributed by atoms with Gasteiger partial charge in [0.15, 0.2) is 15.0 Å². The first-order valence-electron chi connectivity index (χ1n) is 8.62. The quantitative estimate of drug-likeness (QED) is 0.599. The van der Waals surface area contributed by atoms with Crippen LogP contribution in [0, 0.1) is 0 Å². The van der Waals surface area contributed by atoms with Gasteiger partial charge in [0.25, 0.3) is 5.91 Å². The highest BCUT2D eigenvalue weighted by Crippen LogP contribution is 2.26. The lowest BCUT2D eigenvalue weighted by atomic mass is 10.1. The van der Waals surface area contributed by atoms with Crippen LogP contribution >= 0.6 is 11.3 Å². The molecule has 0 saturated heterocycles. The maximum atomic E-state index is 12.4. The Morgan fingerprint density at radius 1 is 1.03 bits per heavy atom. The number of carbonyl (C=O) groups is 2. The fourth-order valence-electron chi connectivity index (χ4n) is 2.51. The van der Waals surface area contributed by atoms with Crippen LogP contribution in [-0.4, -0.2) is 38.1 Å². The first-order valence-corrected chi connectivity index (χ1v) is 11.2. The van der Waals surface area contributed by atoms with Crippen LogP contribution in [-0.2, 0) is 14.6 Å². The summed E-state index contributed by atoms with van der Waals surface area (Å²) in [6, 6.07) is 12.6. The number of esters is 1. The second kappa shape index (κ2) is 8.54. The highest BCUT2D eigenvalue weighted by molar-refractivity contribution is 7.91. The van der Waals surface area contributed by atoms with Gasteiger partial charge in [-0.2, -0.15) is 0 Å². The van der Waals surface area contributed by atoms with Crippen LogP contribution in [0.15, 0.2) is 58.8 Å². The third-order valence-corrected chi connectivity index (χ3v) is 6.69. The summed E-state index contributed by atoms with van der Waals surface area (Å²) in [5.74, 6) is -0.797. The largest absolute Gasteiger partial charge is 0.465 e. The normalized spacial score (nSPS) is 11.1. The molecule has 0 unspecified atom stereocenters. The maximum absolute atomic E-state index is 12.4. The number of hydrogen-bond acceptors (Lipinski definition) is 7. The first kappa shape index (κ1) is 20.7. The number of ether oxygens (including phenoxy) is 1. The lowest BCUT2D eigenvalue weighted by Crippen LogP contribution is -2.12. The Bertz CT molecular complexity index is 1130. The SMILES string of the molecule is CCS(=O)(=O)c1ccc(C(=O)Nc2nc(-c3ccc(C(=O)OC)cc3)cs2)cc1. The second-order valence-corrected chi connectivity index (χ2v) is 9.13. The van der Waals surface area contributed by atoms with Crippen LogP contribution in [0.1, 0.15) is 27.6 Å². The van der Waals surface area contributed by atoms with E-state index in [0.717, 1.165) is 5.56 Å². The third kappa shape index (κ3) is 4.69. The third-order valence-electron chi connectivity index (χ3n) is 4.18. The predicted molar refractivity (Wildman–Crippen MR) is 111 cm³/mol. The molecule has 3 rings (SSSR count). The van der Waals surface area contributed by atoms with Crippen LogP contribution in [0.2, 0.25) is 0 Å². The summed E-state index contributed by atoms with van der Waals surface area (Å²) in [4.78, 5) is 28.5. The molecular formula is C20H18N2O5S2. The zero-order valence-corrected chi connectivity index (χ0v) is 17.3. The average molecular weight is 431 g/mol. The molecule has 0 atom stereocenters. The van der Waals surface area contributed by atoms with Gasteiger partial charge >= 0.3 is 5.97 Å². The molecule has 9 heteroatoms. The van der Waals surface area contributed by atoms with Crippen molar-refractivity contribution in [1.82, 2.24) is 4.98 Å². The summed E-state index contributed by atoms with van der Waals surface area (Å²) in [7, 11) is -1.99. The fourth-order valence-corrected chi connectivity index (χ4v) is 4.11. The standard InChI is InChI=1S/C20H18N2O5S2/c1-3-29(25,26)16-10-8-14(9-11-16)18(23)22-20-21-17(12-28-20)13-4-6-15(7-5-13)19(24)27-2/h4-12H,3H2,1-2H3,(H,21,22,23). The number of aromatic nitrogens is 1. The summed E-state index contributed by atoms with van der Waals surface area (Å²) >= 11 is 1.26. The molecule has 0 aliphatic carbocycles. The molecule has 0 radical (unpaired) electrons. The highest BCUT2D eigenvalue weighted by atomic mass is 32.2. The Kier molecular flexibility index (Phi) is 6.09. The fraction of sp³-hybridized carbons (Fsp3) is 0.150. The molecular weight excluding hydrogens is 412 g/mol. The summed E-state index contributed by atoms with van der Waals surface area (Å²) < 4.78 is 28.4. The van der Waals surface area contributed by atoms with E-state index in [1.54, 1.807) is 36.6 Å². The number of benzene rings is 2. The number of methoxy groups -OCH3 is 1. The van der Waals surface area contributed by atoms with Crippen molar-refractivity contribution < 1.29 is 22.7 Å². The van der Waals surface area contributed by atoms with E-state index in [0.29, 0.717) is 22.0 Å². The Morgan fingerprint density at radius 2 is 1.66 bits per heavy atom. The summed E-state index contributed by atoms with van der Waals surface area (Å²) in [5, 5.41) is 4.91. The summed E-state index contributed by atoms with van der Waals surface area (Å²) in [6.45, 7) is 1.57. The molecule has 150 valence electrons. The Hall–Kier alpha value is -3.04. The number of carbonyl (C=O) groups excluding carboxylic acids is 2. The maximum Gasteiger partial charge on any atom is 0.337 e. The van der Waals surface area contributed by atoms with Gasteiger partial charge in [0.1, 0.15) is 0 Å². The molecule has 0 saturated carbocycles. The van der Waals surface area contributed by atoms with Crippen molar-refractivity contribution >= 4 is 38.2 Å². The predicted octanol–water partition coefficient (Wildman–Crippen LogP) is 3.64. The molecule has 2 aromatic carbocycles. The van der Waals surface area contributed by atoms with Crippen LogP contribution in [0.5, 0.6) is 0 Å². The van der Waals surface area contributed by atoms with Gasteiger partial charge in [0, 0.05) is 16.5 Å². The Balaban J connectivity index is 1.71.